The third-order valence-corrected chi connectivity index (χ3v) is 7.00. The summed E-state index contributed by atoms with van der Waals surface area (Å²) in [5.74, 6) is -0.822. The average Bonchev–Trinajstić information content (AvgIpc) is 3.27. The molecule has 1 saturated heterocycles. The van der Waals surface area contributed by atoms with Crippen LogP contribution >= 0.6 is 23.4 Å². The Morgan fingerprint density at radius 3 is 2.53 bits per heavy atom. The van der Waals surface area contributed by atoms with E-state index in [1.165, 1.54) is 25.3 Å². The number of aryl methyl sites for hydroxylation is 1. The van der Waals surface area contributed by atoms with Crippen LogP contribution in [0.25, 0.3) is 11.8 Å². The average molecular weight is 564 g/mol. The number of hydrogen-bond acceptors (Lipinski definition) is 5. The maximum Gasteiger partial charge on any atom is 0.416 e. The quantitative estimate of drug-likeness (QED) is 0.349. The Morgan fingerprint density at radius 1 is 1.13 bits per heavy atom. The number of aromatic nitrogens is 1. The van der Waals surface area contributed by atoms with E-state index in [-0.39, 0.29) is 9.93 Å². The Balaban J connectivity index is 1.53. The first kappa shape index (κ1) is 27.3. The minimum absolute atomic E-state index is 0.0968. The van der Waals surface area contributed by atoms with Crippen molar-refractivity contribution in [3.63, 3.8) is 0 Å². The fraction of sp³-hybridized carbons (Fsp3) is 0.192. The molecule has 0 bridgehead atoms. The molecular formula is C26H21ClF3N3O4S. The highest BCUT2D eigenvalue weighted by Crippen LogP contribution is 2.35. The van der Waals surface area contributed by atoms with Crippen molar-refractivity contribution < 1.29 is 32.3 Å². The molecule has 1 aromatic heterocycles. The Labute approximate surface area is 225 Å². The van der Waals surface area contributed by atoms with Gasteiger partial charge in [0.05, 0.1) is 22.6 Å². The number of imide groups is 1. The predicted octanol–water partition coefficient (Wildman–Crippen LogP) is 6.45. The van der Waals surface area contributed by atoms with Gasteiger partial charge in [-0.25, -0.2) is 0 Å². The van der Waals surface area contributed by atoms with Crippen LogP contribution in [-0.2, 0) is 15.8 Å². The number of benzene rings is 2. The third-order valence-electron chi connectivity index (χ3n) is 5.80. The lowest BCUT2D eigenvalue weighted by molar-refractivity contribution is -0.137. The molecule has 2 heterocycles. The summed E-state index contributed by atoms with van der Waals surface area (Å²) in [6, 6.07) is 11.2. The number of halogens is 4. The molecule has 38 heavy (non-hydrogen) atoms. The Kier molecular flexibility index (Phi) is 7.61. The highest BCUT2D eigenvalue weighted by atomic mass is 35.5. The summed E-state index contributed by atoms with van der Waals surface area (Å²) < 4.78 is 46.3. The number of alkyl halides is 3. The van der Waals surface area contributed by atoms with Gasteiger partial charge in [-0.05, 0) is 79.7 Å². The SMILES string of the molecule is COc1ccc(NC(=O)CN2C(=O)S/C(=C\c3cc(C)n(-c4cccc(C(F)(F)F)c4)c3C)C2=O)cc1Cl. The lowest BCUT2D eigenvalue weighted by atomic mass is 10.2. The van der Waals surface area contributed by atoms with Crippen LogP contribution in [0.1, 0.15) is 22.5 Å². The van der Waals surface area contributed by atoms with Crippen molar-refractivity contribution in [2.45, 2.75) is 20.0 Å². The van der Waals surface area contributed by atoms with E-state index in [0.29, 0.717) is 45.8 Å². The summed E-state index contributed by atoms with van der Waals surface area (Å²) in [5, 5.41) is 2.25. The fourth-order valence-corrected chi connectivity index (χ4v) is 5.11. The second-order valence-electron chi connectivity index (χ2n) is 8.38. The van der Waals surface area contributed by atoms with Gasteiger partial charge in [-0.2, -0.15) is 13.2 Å². The standard InChI is InChI=1S/C26H21ClF3N3O4S/c1-14-9-16(15(2)33(14)19-6-4-5-17(11-19)26(28,29)30)10-22-24(35)32(25(36)38-22)13-23(34)31-18-7-8-21(37-3)20(27)12-18/h4-12H,13H2,1-3H3,(H,31,34)/b22-10-. The minimum Gasteiger partial charge on any atom is -0.495 e. The zero-order valence-electron chi connectivity index (χ0n) is 20.4. The second kappa shape index (κ2) is 10.6. The van der Waals surface area contributed by atoms with E-state index < -0.39 is 35.3 Å². The first-order valence-electron chi connectivity index (χ1n) is 11.1. The van der Waals surface area contributed by atoms with Crippen LogP contribution in [0.15, 0.2) is 53.4 Å². The number of carbonyl (C=O) groups excluding carboxylic acids is 3. The number of ether oxygens (including phenoxy) is 1. The lowest BCUT2D eigenvalue weighted by Crippen LogP contribution is -2.36. The van der Waals surface area contributed by atoms with E-state index in [1.807, 2.05) is 0 Å². The van der Waals surface area contributed by atoms with Crippen molar-refractivity contribution in [1.29, 1.82) is 0 Å². The van der Waals surface area contributed by atoms with Gasteiger partial charge in [0.15, 0.2) is 0 Å². The number of hydrogen-bond donors (Lipinski definition) is 1. The summed E-state index contributed by atoms with van der Waals surface area (Å²) in [7, 11) is 1.45. The highest BCUT2D eigenvalue weighted by molar-refractivity contribution is 8.18. The van der Waals surface area contributed by atoms with Crippen molar-refractivity contribution in [2.24, 2.45) is 0 Å². The van der Waals surface area contributed by atoms with Gasteiger partial charge < -0.3 is 14.6 Å². The van der Waals surface area contributed by atoms with Gasteiger partial charge in [0.1, 0.15) is 12.3 Å². The topological polar surface area (TPSA) is 80.6 Å². The molecule has 0 spiro atoms. The van der Waals surface area contributed by atoms with Gasteiger partial charge in [-0.15, -0.1) is 0 Å². The van der Waals surface area contributed by atoms with E-state index in [9.17, 15) is 27.6 Å². The monoisotopic (exact) mass is 563 g/mol. The molecule has 1 fully saturated rings. The van der Waals surface area contributed by atoms with Gasteiger partial charge >= 0.3 is 6.18 Å². The smallest absolute Gasteiger partial charge is 0.416 e. The summed E-state index contributed by atoms with van der Waals surface area (Å²) in [6.07, 6.45) is -2.99. The molecule has 0 saturated carbocycles. The summed E-state index contributed by atoms with van der Waals surface area (Å²) >= 11 is 6.74. The molecule has 198 valence electrons. The maximum atomic E-state index is 13.2. The van der Waals surface area contributed by atoms with Gasteiger partial charge in [-0.1, -0.05) is 17.7 Å². The molecule has 0 radical (unpaired) electrons. The molecule has 1 aliphatic heterocycles. The van der Waals surface area contributed by atoms with E-state index in [1.54, 1.807) is 42.7 Å². The van der Waals surface area contributed by atoms with Crippen LogP contribution in [0.5, 0.6) is 5.75 Å². The molecule has 1 N–H and O–H groups in total. The highest BCUT2D eigenvalue weighted by Gasteiger charge is 2.36. The second-order valence-corrected chi connectivity index (χ2v) is 9.78. The van der Waals surface area contributed by atoms with Crippen LogP contribution in [-0.4, -0.2) is 40.2 Å². The Hall–Kier alpha value is -3.70. The zero-order valence-corrected chi connectivity index (χ0v) is 21.9. The zero-order chi connectivity index (χ0) is 27.8. The first-order chi connectivity index (χ1) is 17.9. The van der Waals surface area contributed by atoms with Crippen molar-refractivity contribution in [3.8, 4) is 11.4 Å². The molecule has 12 heteroatoms. The molecule has 0 aliphatic carbocycles. The Bertz CT molecular complexity index is 1480. The van der Waals surface area contributed by atoms with Crippen molar-refractivity contribution in [2.75, 3.05) is 19.0 Å². The first-order valence-corrected chi connectivity index (χ1v) is 12.3. The fourth-order valence-electron chi connectivity index (χ4n) is 4.02. The third kappa shape index (κ3) is 5.58. The number of thioether (sulfide) groups is 1. The van der Waals surface area contributed by atoms with E-state index in [2.05, 4.69) is 5.32 Å². The molecular weight excluding hydrogens is 543 g/mol. The van der Waals surface area contributed by atoms with Gasteiger partial charge in [0, 0.05) is 22.8 Å². The van der Waals surface area contributed by atoms with Crippen LogP contribution in [0.3, 0.4) is 0 Å². The molecule has 2 aromatic carbocycles. The summed E-state index contributed by atoms with van der Waals surface area (Å²) in [5.41, 5.74) is 1.69. The van der Waals surface area contributed by atoms with Crippen molar-refractivity contribution >= 4 is 52.2 Å². The van der Waals surface area contributed by atoms with E-state index >= 15 is 0 Å². The number of anilines is 1. The van der Waals surface area contributed by atoms with E-state index in [4.69, 9.17) is 16.3 Å². The van der Waals surface area contributed by atoms with Crippen LogP contribution < -0.4 is 10.1 Å². The van der Waals surface area contributed by atoms with Gasteiger partial charge in [-0.3, -0.25) is 19.3 Å². The van der Waals surface area contributed by atoms with Crippen molar-refractivity contribution in [1.82, 2.24) is 9.47 Å². The molecule has 4 rings (SSSR count). The van der Waals surface area contributed by atoms with Crippen LogP contribution in [0.4, 0.5) is 23.7 Å². The number of amides is 3. The molecule has 3 amide bonds. The molecule has 0 unspecified atom stereocenters. The molecule has 1 aliphatic rings. The number of rotatable bonds is 6. The molecule has 7 nitrogen and oxygen atoms in total. The van der Waals surface area contributed by atoms with Gasteiger partial charge in [0.2, 0.25) is 5.91 Å². The number of nitrogens with zero attached hydrogens (tertiary/aromatic N) is 2. The van der Waals surface area contributed by atoms with Crippen LogP contribution in [0, 0.1) is 13.8 Å². The normalized spacial score (nSPS) is 14.9. The van der Waals surface area contributed by atoms with E-state index in [0.717, 1.165) is 17.0 Å². The maximum absolute atomic E-state index is 13.2. The predicted molar refractivity (Wildman–Crippen MR) is 140 cm³/mol. The van der Waals surface area contributed by atoms with Gasteiger partial charge in [0.25, 0.3) is 11.1 Å². The summed E-state index contributed by atoms with van der Waals surface area (Å²) in [6.45, 7) is 2.93. The number of carbonyl (C=O) groups is 3. The number of methoxy groups -OCH3 is 1. The molecule has 0 atom stereocenters. The largest absolute Gasteiger partial charge is 0.495 e. The van der Waals surface area contributed by atoms with Crippen molar-refractivity contribution in [3.05, 3.63) is 81.0 Å². The number of nitrogens with one attached hydrogen (secondary N) is 1. The minimum atomic E-state index is -4.49. The summed E-state index contributed by atoms with van der Waals surface area (Å²) in [4.78, 5) is 38.9. The Morgan fingerprint density at radius 2 is 1.87 bits per heavy atom. The lowest BCUT2D eigenvalue weighted by Gasteiger charge is -2.13. The molecule has 3 aromatic rings. The van der Waals surface area contributed by atoms with Crippen LogP contribution in [0.2, 0.25) is 5.02 Å².